The zero-order chi connectivity index (χ0) is 4.41. The van der Waals surface area contributed by atoms with Crippen LogP contribution in [0.4, 0.5) is 0 Å². The zero-order valence-electron chi connectivity index (χ0n) is 4.07. The standard InChI is InChI=1S/C2H4N4.Na/c3-6-2-4-1-5-6;/h1-2H,3H2;/q;+1. The van der Waals surface area contributed by atoms with Crippen LogP contribution in [0.5, 0.6) is 0 Å². The molecule has 7 heavy (non-hydrogen) atoms. The SMILES string of the molecule is Nn1cncn1.[Na+]. The molecule has 1 heterocycles. The van der Waals surface area contributed by atoms with E-state index < -0.39 is 0 Å². The summed E-state index contributed by atoms with van der Waals surface area (Å²) in [5, 5.41) is 3.50. The Labute approximate surface area is 63.0 Å². The molecule has 1 aromatic heterocycles. The Kier molecular flexibility index (Phi) is 2.98. The molecule has 5 heteroatoms. The van der Waals surface area contributed by atoms with Gasteiger partial charge in [0, 0.05) is 0 Å². The molecule has 0 fully saturated rings. The van der Waals surface area contributed by atoms with Gasteiger partial charge in [-0.1, -0.05) is 0 Å². The van der Waals surface area contributed by atoms with Crippen molar-refractivity contribution in [3.8, 4) is 0 Å². The van der Waals surface area contributed by atoms with Gasteiger partial charge in [0.15, 0.2) is 0 Å². The van der Waals surface area contributed by atoms with Crippen molar-refractivity contribution in [3.63, 3.8) is 0 Å². The van der Waals surface area contributed by atoms with E-state index >= 15 is 0 Å². The quantitative estimate of drug-likeness (QED) is 0.271. The first kappa shape index (κ1) is 6.94. The Morgan fingerprint density at radius 3 is 2.43 bits per heavy atom. The fourth-order valence-electron chi connectivity index (χ4n) is 0.217. The number of nitrogens with two attached hydrogens (primary N) is 1. The van der Waals surface area contributed by atoms with Crippen LogP contribution >= 0.6 is 0 Å². The molecule has 0 saturated carbocycles. The zero-order valence-corrected chi connectivity index (χ0v) is 6.07. The van der Waals surface area contributed by atoms with Crippen molar-refractivity contribution in [2.24, 2.45) is 0 Å². The van der Waals surface area contributed by atoms with E-state index in [1.807, 2.05) is 0 Å². The molecule has 4 nitrogen and oxygen atoms in total. The molecule has 1 aromatic rings. The summed E-state index contributed by atoms with van der Waals surface area (Å²) in [6.45, 7) is 0. The van der Waals surface area contributed by atoms with E-state index in [-0.39, 0.29) is 29.6 Å². The van der Waals surface area contributed by atoms with Gasteiger partial charge in [0.05, 0.1) is 0 Å². The molecule has 0 aromatic carbocycles. The Morgan fingerprint density at radius 2 is 2.29 bits per heavy atom. The third kappa shape index (κ3) is 1.91. The van der Waals surface area contributed by atoms with Gasteiger partial charge in [-0.05, 0) is 0 Å². The summed E-state index contributed by atoms with van der Waals surface area (Å²) in [7, 11) is 0. The molecule has 0 aliphatic heterocycles. The Balaban J connectivity index is 0.000000360. The van der Waals surface area contributed by atoms with E-state index in [1.54, 1.807) is 0 Å². The maximum absolute atomic E-state index is 5.02. The third-order valence-electron chi connectivity index (χ3n) is 0.437. The summed E-state index contributed by atoms with van der Waals surface area (Å²) < 4.78 is 0. The van der Waals surface area contributed by atoms with Crippen molar-refractivity contribution in [1.29, 1.82) is 0 Å². The second-order valence-electron chi connectivity index (χ2n) is 0.875. The number of aromatic nitrogens is 3. The van der Waals surface area contributed by atoms with E-state index in [1.165, 1.54) is 12.7 Å². The topological polar surface area (TPSA) is 56.7 Å². The van der Waals surface area contributed by atoms with Crippen molar-refractivity contribution in [1.82, 2.24) is 14.9 Å². The predicted molar refractivity (Wildman–Crippen MR) is 20.2 cm³/mol. The van der Waals surface area contributed by atoms with Gasteiger partial charge in [0.25, 0.3) is 0 Å². The number of hydrogen-bond acceptors (Lipinski definition) is 3. The Morgan fingerprint density at radius 1 is 1.57 bits per heavy atom. The minimum absolute atomic E-state index is 0. The van der Waals surface area contributed by atoms with Crippen LogP contribution in [0.3, 0.4) is 0 Å². The molecule has 0 amide bonds. The molecule has 0 atom stereocenters. The Hall–Kier alpha value is -0.0600. The number of hydrogen-bond donors (Lipinski definition) is 1. The fourth-order valence-corrected chi connectivity index (χ4v) is 0.217. The molecular weight excluding hydrogens is 103 g/mol. The third-order valence-corrected chi connectivity index (χ3v) is 0.437. The number of nitrogen functional groups attached to an aromatic ring is 1. The minimum Gasteiger partial charge on any atom is -0.322 e. The summed E-state index contributed by atoms with van der Waals surface area (Å²) in [6.07, 6.45) is 2.79. The van der Waals surface area contributed by atoms with Crippen LogP contribution in [0, 0.1) is 0 Å². The normalized spacial score (nSPS) is 7.43. The van der Waals surface area contributed by atoms with E-state index in [0.29, 0.717) is 0 Å². The second kappa shape index (κ2) is 3.01. The van der Waals surface area contributed by atoms with Gasteiger partial charge in [-0.25, -0.2) is 4.98 Å². The number of nitrogens with zero attached hydrogens (tertiary/aromatic N) is 3. The summed E-state index contributed by atoms with van der Waals surface area (Å²) in [5.74, 6) is 5.02. The van der Waals surface area contributed by atoms with Crippen LogP contribution in [-0.4, -0.2) is 14.9 Å². The molecule has 0 radical (unpaired) electrons. The molecule has 0 spiro atoms. The van der Waals surface area contributed by atoms with Crippen molar-refractivity contribution in [2.75, 3.05) is 5.84 Å². The van der Waals surface area contributed by atoms with Gasteiger partial charge in [0.2, 0.25) is 0 Å². The van der Waals surface area contributed by atoms with Crippen molar-refractivity contribution >= 4 is 0 Å². The van der Waals surface area contributed by atoms with E-state index in [4.69, 9.17) is 5.84 Å². The summed E-state index contributed by atoms with van der Waals surface area (Å²) in [4.78, 5) is 4.69. The summed E-state index contributed by atoms with van der Waals surface area (Å²) in [5.41, 5.74) is 0. The second-order valence-corrected chi connectivity index (χ2v) is 0.875. The average molecular weight is 107 g/mol. The van der Waals surface area contributed by atoms with Gasteiger partial charge in [-0.2, -0.15) is 4.79 Å². The first-order chi connectivity index (χ1) is 2.89. The minimum atomic E-state index is 0. The molecule has 0 bridgehead atoms. The van der Waals surface area contributed by atoms with Crippen LogP contribution in [-0.2, 0) is 0 Å². The van der Waals surface area contributed by atoms with Gasteiger partial charge in [0.1, 0.15) is 12.7 Å². The van der Waals surface area contributed by atoms with E-state index in [0.717, 1.165) is 4.79 Å². The van der Waals surface area contributed by atoms with Gasteiger partial charge < -0.3 is 5.84 Å². The largest absolute Gasteiger partial charge is 1.00 e. The van der Waals surface area contributed by atoms with Crippen LogP contribution in [0.25, 0.3) is 0 Å². The first-order valence-corrected chi connectivity index (χ1v) is 1.49. The molecule has 0 saturated heterocycles. The Bertz CT molecular complexity index is 113. The molecular formula is C2H4N4Na+. The van der Waals surface area contributed by atoms with Crippen LogP contribution in [0.15, 0.2) is 12.7 Å². The van der Waals surface area contributed by atoms with Gasteiger partial charge in [-0.3, -0.25) is 0 Å². The van der Waals surface area contributed by atoms with Crippen molar-refractivity contribution in [2.45, 2.75) is 0 Å². The molecule has 2 N–H and O–H groups in total. The molecule has 0 aliphatic rings. The average Bonchev–Trinajstić information content (AvgIpc) is 1.86. The molecule has 0 aliphatic carbocycles. The predicted octanol–water partition coefficient (Wildman–Crippen LogP) is -4.00. The van der Waals surface area contributed by atoms with E-state index in [9.17, 15) is 0 Å². The van der Waals surface area contributed by atoms with Crippen LogP contribution in [0.1, 0.15) is 0 Å². The van der Waals surface area contributed by atoms with Crippen molar-refractivity contribution in [3.05, 3.63) is 12.7 Å². The summed E-state index contributed by atoms with van der Waals surface area (Å²) >= 11 is 0. The molecule has 32 valence electrons. The van der Waals surface area contributed by atoms with Crippen molar-refractivity contribution < 1.29 is 29.6 Å². The fraction of sp³-hybridized carbons (Fsp3) is 0. The monoisotopic (exact) mass is 107 g/mol. The number of rotatable bonds is 0. The maximum atomic E-state index is 5.02. The molecule has 0 unspecified atom stereocenters. The molecule has 1 rings (SSSR count). The first-order valence-electron chi connectivity index (χ1n) is 1.49. The van der Waals surface area contributed by atoms with Crippen LogP contribution in [0.2, 0.25) is 0 Å². The van der Waals surface area contributed by atoms with Crippen LogP contribution < -0.4 is 35.4 Å². The smallest absolute Gasteiger partial charge is 0.322 e. The van der Waals surface area contributed by atoms with E-state index in [2.05, 4.69) is 10.1 Å². The van der Waals surface area contributed by atoms with Gasteiger partial charge >= 0.3 is 29.6 Å². The maximum Gasteiger partial charge on any atom is 1.00 e. The van der Waals surface area contributed by atoms with Gasteiger partial charge in [-0.15, -0.1) is 5.10 Å². The summed E-state index contributed by atoms with van der Waals surface area (Å²) in [6, 6.07) is 0.